The molecule has 0 spiro atoms. The van der Waals surface area contributed by atoms with Gasteiger partial charge in [0.2, 0.25) is 11.8 Å². The molecule has 1 atom stereocenters. The maximum Gasteiger partial charge on any atom is 0.264 e. The van der Waals surface area contributed by atoms with Crippen molar-refractivity contribution in [2.24, 2.45) is 0 Å². The van der Waals surface area contributed by atoms with E-state index in [4.69, 9.17) is 4.74 Å². The number of hydrogen-bond acceptors (Lipinski definition) is 8. The number of piperazine rings is 1. The Morgan fingerprint density at radius 1 is 1.10 bits per heavy atom. The number of pyridine rings is 1. The number of benzene rings is 2. The summed E-state index contributed by atoms with van der Waals surface area (Å²) in [4.78, 5) is 28.4. The van der Waals surface area contributed by atoms with E-state index < -0.39 is 26.6 Å². The van der Waals surface area contributed by atoms with Crippen molar-refractivity contribution >= 4 is 38.3 Å². The molecule has 1 N–H and O–H groups in total. The minimum Gasteiger partial charge on any atom is -0.480 e. The fourth-order valence-corrected chi connectivity index (χ4v) is 5.90. The second kappa shape index (κ2) is 11.1. The van der Waals surface area contributed by atoms with Crippen LogP contribution in [0.5, 0.6) is 5.88 Å². The van der Waals surface area contributed by atoms with E-state index in [0.717, 1.165) is 17.5 Å². The summed E-state index contributed by atoms with van der Waals surface area (Å²) < 4.78 is 61.1. The first kappa shape index (κ1) is 27.9. The molecule has 0 bridgehead atoms. The van der Waals surface area contributed by atoms with Crippen molar-refractivity contribution in [3.63, 3.8) is 0 Å². The molecule has 1 aliphatic heterocycles. The van der Waals surface area contributed by atoms with Gasteiger partial charge in [0.1, 0.15) is 34.4 Å². The third kappa shape index (κ3) is 5.53. The predicted molar refractivity (Wildman–Crippen MR) is 150 cm³/mol. The molecular formula is C28H26F2N6O4S. The Morgan fingerprint density at radius 3 is 2.61 bits per heavy atom. The summed E-state index contributed by atoms with van der Waals surface area (Å²) >= 11 is 0. The van der Waals surface area contributed by atoms with Gasteiger partial charge in [-0.05, 0) is 48.9 Å². The van der Waals surface area contributed by atoms with E-state index in [1.807, 2.05) is 25.1 Å². The molecule has 1 saturated heterocycles. The average molecular weight is 581 g/mol. The molecule has 10 nitrogen and oxygen atoms in total. The van der Waals surface area contributed by atoms with Crippen LogP contribution in [0.2, 0.25) is 0 Å². The molecule has 212 valence electrons. The van der Waals surface area contributed by atoms with Gasteiger partial charge in [-0.3, -0.25) is 9.52 Å². The van der Waals surface area contributed by atoms with Gasteiger partial charge in [-0.15, -0.1) is 0 Å². The number of nitrogens with zero attached hydrogens (tertiary/aromatic N) is 5. The minimum atomic E-state index is -4.44. The van der Waals surface area contributed by atoms with Crippen LogP contribution in [0.25, 0.3) is 22.0 Å². The highest BCUT2D eigenvalue weighted by molar-refractivity contribution is 7.92. The molecular weight excluding hydrogens is 554 g/mol. The fraction of sp³-hybridized carbons (Fsp3) is 0.214. The maximum atomic E-state index is 14.3. The smallest absolute Gasteiger partial charge is 0.264 e. The molecule has 1 amide bonds. The van der Waals surface area contributed by atoms with Gasteiger partial charge < -0.3 is 14.5 Å². The third-order valence-corrected chi connectivity index (χ3v) is 8.20. The summed E-state index contributed by atoms with van der Waals surface area (Å²) in [7, 11) is -3.12. The first-order valence-electron chi connectivity index (χ1n) is 12.6. The van der Waals surface area contributed by atoms with E-state index >= 15 is 0 Å². The van der Waals surface area contributed by atoms with Gasteiger partial charge >= 0.3 is 0 Å². The van der Waals surface area contributed by atoms with Crippen molar-refractivity contribution in [3.8, 4) is 17.0 Å². The van der Waals surface area contributed by atoms with Gasteiger partial charge in [0, 0.05) is 48.9 Å². The van der Waals surface area contributed by atoms with E-state index in [1.54, 1.807) is 4.90 Å². The molecule has 3 heterocycles. The van der Waals surface area contributed by atoms with Gasteiger partial charge in [0.15, 0.2) is 0 Å². The van der Waals surface area contributed by atoms with Crippen molar-refractivity contribution in [3.05, 3.63) is 79.3 Å². The van der Waals surface area contributed by atoms with Crippen LogP contribution in [-0.4, -0.2) is 67.0 Å². The molecule has 1 fully saturated rings. The number of hydrogen-bond donors (Lipinski definition) is 1. The number of sulfonamides is 1. The van der Waals surface area contributed by atoms with Gasteiger partial charge in [-0.1, -0.05) is 12.6 Å². The second-order valence-electron chi connectivity index (χ2n) is 9.42. The van der Waals surface area contributed by atoms with Crippen LogP contribution in [0.3, 0.4) is 0 Å². The lowest BCUT2D eigenvalue weighted by Gasteiger charge is -2.40. The van der Waals surface area contributed by atoms with Crippen molar-refractivity contribution < 1.29 is 26.7 Å². The minimum absolute atomic E-state index is 0.0232. The van der Waals surface area contributed by atoms with E-state index in [0.29, 0.717) is 48.2 Å². The number of carbonyl (C=O) groups is 1. The monoisotopic (exact) mass is 580 g/mol. The highest BCUT2D eigenvalue weighted by atomic mass is 32.2. The lowest BCUT2D eigenvalue weighted by molar-refractivity contribution is -0.126. The summed E-state index contributed by atoms with van der Waals surface area (Å²) in [5.74, 6) is -1.59. The van der Waals surface area contributed by atoms with Crippen LogP contribution in [0, 0.1) is 11.6 Å². The quantitative estimate of drug-likeness (QED) is 0.326. The molecule has 0 saturated carbocycles. The van der Waals surface area contributed by atoms with Crippen molar-refractivity contribution in [1.29, 1.82) is 0 Å². The number of nitrogens with one attached hydrogen (secondary N) is 1. The number of anilines is 2. The van der Waals surface area contributed by atoms with Crippen molar-refractivity contribution in [2.75, 3.05) is 36.4 Å². The van der Waals surface area contributed by atoms with Crippen molar-refractivity contribution in [2.45, 2.75) is 17.9 Å². The molecule has 13 heteroatoms. The molecule has 1 aliphatic rings. The third-order valence-electron chi connectivity index (χ3n) is 6.81. The average Bonchev–Trinajstić information content (AvgIpc) is 2.95. The van der Waals surface area contributed by atoms with E-state index in [2.05, 4.69) is 31.2 Å². The lowest BCUT2D eigenvalue weighted by Crippen LogP contribution is -2.53. The highest BCUT2D eigenvalue weighted by Gasteiger charge is 2.28. The van der Waals surface area contributed by atoms with Crippen LogP contribution >= 0.6 is 0 Å². The number of ether oxygens (including phenoxy) is 1. The Kier molecular flexibility index (Phi) is 7.54. The number of methoxy groups -OCH3 is 1. The Balaban J connectivity index is 1.51. The number of aromatic nitrogens is 3. The van der Waals surface area contributed by atoms with Crippen LogP contribution in [-0.2, 0) is 14.8 Å². The number of halogens is 2. The van der Waals surface area contributed by atoms with Crippen LogP contribution in [0.1, 0.15) is 6.92 Å². The van der Waals surface area contributed by atoms with Gasteiger partial charge in [0.05, 0.1) is 12.6 Å². The molecule has 0 unspecified atom stereocenters. The Labute approximate surface area is 235 Å². The molecule has 4 aromatic rings. The topological polar surface area (TPSA) is 118 Å². The normalized spacial score (nSPS) is 15.6. The maximum absolute atomic E-state index is 14.3. The zero-order valence-corrected chi connectivity index (χ0v) is 23.0. The molecule has 0 radical (unpaired) electrons. The largest absolute Gasteiger partial charge is 0.480 e. The predicted octanol–water partition coefficient (Wildman–Crippen LogP) is 4.00. The number of carbonyl (C=O) groups excluding carboxylic acids is 1. The van der Waals surface area contributed by atoms with E-state index in [1.165, 1.54) is 31.8 Å². The Morgan fingerprint density at radius 2 is 1.90 bits per heavy atom. The Hall–Kier alpha value is -4.65. The van der Waals surface area contributed by atoms with Gasteiger partial charge in [-0.25, -0.2) is 32.2 Å². The number of fused-ring (bicyclic) bond motifs is 1. The summed E-state index contributed by atoms with van der Waals surface area (Å²) in [5.41, 5.74) is 1.89. The molecule has 2 aromatic heterocycles. The first-order chi connectivity index (χ1) is 19.6. The first-order valence-corrected chi connectivity index (χ1v) is 14.0. The zero-order valence-electron chi connectivity index (χ0n) is 22.2. The van der Waals surface area contributed by atoms with Gasteiger partial charge in [-0.2, -0.15) is 0 Å². The second-order valence-corrected chi connectivity index (χ2v) is 11.1. The molecule has 0 aliphatic carbocycles. The van der Waals surface area contributed by atoms with Crippen LogP contribution < -0.4 is 14.4 Å². The number of amides is 1. The van der Waals surface area contributed by atoms with Crippen LogP contribution in [0.4, 0.5) is 20.3 Å². The highest BCUT2D eigenvalue weighted by Crippen LogP contribution is 2.34. The van der Waals surface area contributed by atoms with Crippen molar-refractivity contribution in [1.82, 2.24) is 19.9 Å². The SMILES string of the molecule is C=CC(=O)N1CCN(c2ncnc3ccc(-c4cnc(OC)c(NS(=O)(=O)c5ccc(F)cc5F)c4)cc23)[C@@H](C)C1. The van der Waals surface area contributed by atoms with E-state index in [9.17, 15) is 22.0 Å². The standard InChI is InChI=1S/C28H26F2N6O4S/c1-4-26(37)35-9-10-36(17(2)15-35)27-21-11-18(5-7-23(21)32-16-33-27)19-12-24(28(40-3)31-14-19)34-41(38,39)25-8-6-20(29)13-22(25)30/h4-8,11-14,16-17,34H,1,9-10,15H2,2-3H3/t17-/m0/s1. The Bertz CT molecular complexity index is 1770. The zero-order chi connectivity index (χ0) is 29.3. The molecule has 2 aromatic carbocycles. The van der Waals surface area contributed by atoms with E-state index in [-0.39, 0.29) is 23.5 Å². The fourth-order valence-electron chi connectivity index (χ4n) is 4.79. The molecule has 5 rings (SSSR count). The lowest BCUT2D eigenvalue weighted by atomic mass is 10.0. The summed E-state index contributed by atoms with van der Waals surface area (Å²) in [5, 5.41) is 0.756. The number of rotatable bonds is 7. The van der Waals surface area contributed by atoms with Gasteiger partial charge in [0.25, 0.3) is 10.0 Å². The molecule has 41 heavy (non-hydrogen) atoms. The summed E-state index contributed by atoms with van der Waals surface area (Å²) in [6.07, 6.45) is 4.31. The van der Waals surface area contributed by atoms with Crippen LogP contribution in [0.15, 0.2) is 72.5 Å². The summed E-state index contributed by atoms with van der Waals surface area (Å²) in [6.45, 7) is 7.17. The summed E-state index contributed by atoms with van der Waals surface area (Å²) in [6, 6.07) is 9.19.